The third-order valence-electron chi connectivity index (χ3n) is 4.83. The molecule has 1 spiro atoms. The normalized spacial score (nSPS) is 25.1. The smallest absolute Gasteiger partial charge is 0.321 e. The lowest BCUT2D eigenvalue weighted by Gasteiger charge is -2.40. The standard InChI is InChI=1S/C16H20F3N3O/c1-21-6-4-16(9-21)3-2-5-22(10-16)15(23)20-14-8-12(18)11(17)7-13(14)19/h7-8H,2-6,9-10H2,1H3,(H,20,23). The molecule has 1 atom stereocenters. The molecule has 1 unspecified atom stereocenters. The van der Waals surface area contributed by atoms with Crippen LogP contribution >= 0.6 is 0 Å². The summed E-state index contributed by atoms with van der Waals surface area (Å²) in [5.74, 6) is -3.44. The highest BCUT2D eigenvalue weighted by Crippen LogP contribution is 2.38. The second-order valence-corrected chi connectivity index (χ2v) is 6.69. The van der Waals surface area contributed by atoms with Crippen molar-refractivity contribution in [3.05, 3.63) is 29.6 Å². The molecule has 2 aliphatic heterocycles. The second-order valence-electron chi connectivity index (χ2n) is 6.69. The lowest BCUT2D eigenvalue weighted by molar-refractivity contribution is 0.117. The molecule has 2 saturated heterocycles. The summed E-state index contributed by atoms with van der Waals surface area (Å²) in [7, 11) is 2.06. The van der Waals surface area contributed by atoms with Crippen molar-refractivity contribution in [2.24, 2.45) is 5.41 Å². The summed E-state index contributed by atoms with van der Waals surface area (Å²) >= 11 is 0. The van der Waals surface area contributed by atoms with E-state index in [4.69, 9.17) is 0 Å². The van der Waals surface area contributed by atoms with Crippen LogP contribution in [0.2, 0.25) is 0 Å². The van der Waals surface area contributed by atoms with Gasteiger partial charge < -0.3 is 15.1 Å². The van der Waals surface area contributed by atoms with Crippen LogP contribution in [0.5, 0.6) is 0 Å². The van der Waals surface area contributed by atoms with Crippen LogP contribution in [0.4, 0.5) is 23.7 Å². The Bertz CT molecular complexity index is 621. The molecule has 1 N–H and O–H groups in total. The number of nitrogens with one attached hydrogen (secondary N) is 1. The number of nitrogens with zero attached hydrogens (tertiary/aromatic N) is 2. The first kappa shape index (κ1) is 16.1. The molecule has 23 heavy (non-hydrogen) atoms. The van der Waals surface area contributed by atoms with Gasteiger partial charge >= 0.3 is 6.03 Å². The SMILES string of the molecule is CN1CCC2(CCCN(C(=O)Nc3cc(F)c(F)cc3F)C2)C1. The van der Waals surface area contributed by atoms with E-state index < -0.39 is 23.5 Å². The zero-order valence-corrected chi connectivity index (χ0v) is 13.0. The fourth-order valence-corrected chi connectivity index (χ4v) is 3.69. The number of urea groups is 1. The number of hydrogen-bond donors (Lipinski definition) is 1. The molecule has 2 amide bonds. The van der Waals surface area contributed by atoms with Crippen molar-refractivity contribution >= 4 is 11.7 Å². The summed E-state index contributed by atoms with van der Waals surface area (Å²) in [6.07, 6.45) is 3.00. The molecule has 4 nitrogen and oxygen atoms in total. The summed E-state index contributed by atoms with van der Waals surface area (Å²) in [5, 5.41) is 2.36. The summed E-state index contributed by atoms with van der Waals surface area (Å²) in [4.78, 5) is 16.2. The van der Waals surface area contributed by atoms with Crippen LogP contribution in [0.3, 0.4) is 0 Å². The molecule has 0 aliphatic carbocycles. The van der Waals surface area contributed by atoms with Gasteiger partial charge in [-0.2, -0.15) is 0 Å². The molecular weight excluding hydrogens is 307 g/mol. The summed E-state index contributed by atoms with van der Waals surface area (Å²) < 4.78 is 39.8. The number of anilines is 1. The van der Waals surface area contributed by atoms with Crippen LogP contribution in [0.25, 0.3) is 0 Å². The Labute approximate surface area is 133 Å². The Balaban J connectivity index is 1.70. The zero-order chi connectivity index (χ0) is 16.6. The Hall–Kier alpha value is -1.76. The minimum atomic E-state index is -1.27. The molecule has 7 heteroatoms. The monoisotopic (exact) mass is 327 g/mol. The molecule has 0 saturated carbocycles. The average Bonchev–Trinajstić information content (AvgIpc) is 2.85. The van der Waals surface area contributed by atoms with Crippen molar-refractivity contribution in [2.45, 2.75) is 19.3 Å². The van der Waals surface area contributed by atoms with E-state index in [1.165, 1.54) is 0 Å². The number of halogens is 3. The fraction of sp³-hybridized carbons (Fsp3) is 0.562. The first-order valence-electron chi connectivity index (χ1n) is 7.78. The Morgan fingerprint density at radius 3 is 2.52 bits per heavy atom. The van der Waals surface area contributed by atoms with Crippen LogP contribution in [0, 0.1) is 22.9 Å². The quantitative estimate of drug-likeness (QED) is 0.805. The van der Waals surface area contributed by atoms with Gasteiger partial charge in [0.05, 0.1) is 5.69 Å². The average molecular weight is 327 g/mol. The van der Waals surface area contributed by atoms with Gasteiger partial charge in [0.2, 0.25) is 0 Å². The Morgan fingerprint density at radius 2 is 1.83 bits per heavy atom. The maximum absolute atomic E-state index is 13.7. The molecule has 2 heterocycles. The first-order valence-corrected chi connectivity index (χ1v) is 7.78. The van der Waals surface area contributed by atoms with E-state index in [0.717, 1.165) is 32.4 Å². The van der Waals surface area contributed by atoms with Crippen LogP contribution in [0.1, 0.15) is 19.3 Å². The van der Waals surface area contributed by atoms with Crippen molar-refractivity contribution in [1.29, 1.82) is 0 Å². The number of hydrogen-bond acceptors (Lipinski definition) is 2. The lowest BCUT2D eigenvalue weighted by Crippen LogP contribution is -2.48. The van der Waals surface area contributed by atoms with Gasteiger partial charge in [-0.25, -0.2) is 18.0 Å². The van der Waals surface area contributed by atoms with E-state index in [0.29, 0.717) is 25.2 Å². The molecule has 0 bridgehead atoms. The lowest BCUT2D eigenvalue weighted by atomic mass is 9.79. The number of carbonyl (C=O) groups excluding carboxylic acids is 1. The van der Waals surface area contributed by atoms with Gasteiger partial charge in [0.1, 0.15) is 5.82 Å². The minimum Gasteiger partial charge on any atom is -0.324 e. The maximum Gasteiger partial charge on any atom is 0.321 e. The summed E-state index contributed by atoms with van der Waals surface area (Å²) in [5.41, 5.74) is -0.242. The third-order valence-corrected chi connectivity index (χ3v) is 4.83. The van der Waals surface area contributed by atoms with Crippen LogP contribution in [-0.4, -0.2) is 49.1 Å². The highest BCUT2D eigenvalue weighted by Gasteiger charge is 2.41. The summed E-state index contributed by atoms with van der Waals surface area (Å²) in [6, 6.07) is 0.642. The largest absolute Gasteiger partial charge is 0.324 e. The van der Waals surface area contributed by atoms with E-state index in [-0.39, 0.29) is 11.1 Å². The maximum atomic E-state index is 13.7. The zero-order valence-electron chi connectivity index (χ0n) is 13.0. The molecule has 3 rings (SSSR count). The number of benzene rings is 1. The highest BCUT2D eigenvalue weighted by atomic mass is 19.2. The number of rotatable bonds is 1. The van der Waals surface area contributed by atoms with Gasteiger partial charge in [0, 0.05) is 37.2 Å². The van der Waals surface area contributed by atoms with Gasteiger partial charge in [0.25, 0.3) is 0 Å². The van der Waals surface area contributed by atoms with Crippen LogP contribution in [-0.2, 0) is 0 Å². The van der Waals surface area contributed by atoms with Crippen LogP contribution < -0.4 is 5.32 Å². The molecule has 126 valence electrons. The third kappa shape index (κ3) is 3.29. The fourth-order valence-electron chi connectivity index (χ4n) is 3.69. The number of carbonyl (C=O) groups is 1. The van der Waals surface area contributed by atoms with E-state index in [1.807, 2.05) is 0 Å². The number of likely N-dealkylation sites (tertiary alicyclic amines) is 2. The predicted octanol–water partition coefficient (Wildman–Crippen LogP) is 3.05. The van der Waals surface area contributed by atoms with E-state index in [9.17, 15) is 18.0 Å². The molecule has 0 radical (unpaired) electrons. The number of piperidine rings is 1. The second kappa shape index (κ2) is 6.03. The predicted molar refractivity (Wildman–Crippen MR) is 80.7 cm³/mol. The van der Waals surface area contributed by atoms with Gasteiger partial charge in [-0.1, -0.05) is 0 Å². The van der Waals surface area contributed by atoms with Crippen LogP contribution in [0.15, 0.2) is 12.1 Å². The molecule has 2 aliphatic rings. The van der Waals surface area contributed by atoms with E-state index in [2.05, 4.69) is 17.3 Å². The van der Waals surface area contributed by atoms with Crippen molar-refractivity contribution in [3.8, 4) is 0 Å². The van der Waals surface area contributed by atoms with E-state index >= 15 is 0 Å². The Kier molecular flexibility index (Phi) is 4.23. The highest BCUT2D eigenvalue weighted by molar-refractivity contribution is 5.89. The van der Waals surface area contributed by atoms with Crippen molar-refractivity contribution in [3.63, 3.8) is 0 Å². The topological polar surface area (TPSA) is 35.6 Å². The van der Waals surface area contributed by atoms with Crippen molar-refractivity contribution in [1.82, 2.24) is 9.80 Å². The Morgan fingerprint density at radius 1 is 1.09 bits per heavy atom. The van der Waals surface area contributed by atoms with Crippen molar-refractivity contribution in [2.75, 3.05) is 38.5 Å². The van der Waals surface area contributed by atoms with Gasteiger partial charge in [0.15, 0.2) is 11.6 Å². The first-order chi connectivity index (χ1) is 10.9. The van der Waals surface area contributed by atoms with Gasteiger partial charge in [-0.15, -0.1) is 0 Å². The van der Waals surface area contributed by atoms with Gasteiger partial charge in [-0.05, 0) is 32.9 Å². The van der Waals surface area contributed by atoms with Gasteiger partial charge in [-0.3, -0.25) is 0 Å². The molecular formula is C16H20F3N3O. The van der Waals surface area contributed by atoms with Crippen molar-refractivity contribution < 1.29 is 18.0 Å². The molecule has 0 aromatic heterocycles. The van der Waals surface area contributed by atoms with E-state index in [1.54, 1.807) is 4.90 Å². The minimum absolute atomic E-state index is 0.0942. The molecule has 2 fully saturated rings. The molecule has 1 aromatic rings. The summed E-state index contributed by atoms with van der Waals surface area (Å²) in [6.45, 7) is 3.14. The number of amides is 2. The molecule has 1 aromatic carbocycles.